The smallest absolute Gasteiger partial charge is 0.163 e. The molecule has 1 N–H and O–H groups in total. The standard InChI is InChI=1S/C19H16O4/c1-12(20)15-11-18(13-6-4-3-5-7-13)23-19(15)16-10-14(22-2)8-9-17(16)21/h3-11,21H,1-2H3. The number of carbonyl (C=O) groups is 1. The van der Waals surface area contributed by atoms with E-state index >= 15 is 0 Å². The number of furan rings is 1. The zero-order chi connectivity index (χ0) is 16.4. The molecule has 0 spiro atoms. The molecule has 0 unspecified atom stereocenters. The molecule has 0 amide bonds. The van der Waals surface area contributed by atoms with Gasteiger partial charge in [-0.1, -0.05) is 30.3 Å². The molecule has 4 nitrogen and oxygen atoms in total. The van der Waals surface area contributed by atoms with Crippen LogP contribution in [-0.4, -0.2) is 18.0 Å². The van der Waals surface area contributed by atoms with Crippen LogP contribution in [0.1, 0.15) is 17.3 Å². The zero-order valence-corrected chi connectivity index (χ0v) is 12.9. The van der Waals surface area contributed by atoms with Crippen molar-refractivity contribution in [1.82, 2.24) is 0 Å². The summed E-state index contributed by atoms with van der Waals surface area (Å²) in [4.78, 5) is 12.0. The summed E-state index contributed by atoms with van der Waals surface area (Å²) in [6.45, 7) is 1.47. The van der Waals surface area contributed by atoms with Crippen molar-refractivity contribution in [3.05, 3.63) is 60.2 Å². The Morgan fingerprint density at radius 1 is 1.09 bits per heavy atom. The van der Waals surface area contributed by atoms with Gasteiger partial charge in [0, 0.05) is 5.56 Å². The number of benzene rings is 2. The number of Topliss-reactive ketones (excluding diaryl/α,β-unsaturated/α-hetero) is 1. The van der Waals surface area contributed by atoms with E-state index in [2.05, 4.69) is 0 Å². The van der Waals surface area contributed by atoms with Crippen LogP contribution in [0, 0.1) is 0 Å². The van der Waals surface area contributed by atoms with Crippen molar-refractivity contribution in [3.8, 4) is 34.1 Å². The number of methoxy groups -OCH3 is 1. The van der Waals surface area contributed by atoms with Crippen LogP contribution in [0.25, 0.3) is 22.6 Å². The highest BCUT2D eigenvalue weighted by atomic mass is 16.5. The maximum absolute atomic E-state index is 12.0. The van der Waals surface area contributed by atoms with Gasteiger partial charge in [-0.2, -0.15) is 0 Å². The topological polar surface area (TPSA) is 59.7 Å². The van der Waals surface area contributed by atoms with Gasteiger partial charge < -0.3 is 14.3 Å². The Morgan fingerprint density at radius 3 is 2.48 bits per heavy atom. The fourth-order valence-corrected chi connectivity index (χ4v) is 2.42. The molecule has 0 aliphatic heterocycles. The number of phenols is 1. The summed E-state index contributed by atoms with van der Waals surface area (Å²) in [6.07, 6.45) is 0. The van der Waals surface area contributed by atoms with E-state index in [1.165, 1.54) is 13.0 Å². The van der Waals surface area contributed by atoms with Gasteiger partial charge in [-0.05, 0) is 31.2 Å². The van der Waals surface area contributed by atoms with E-state index in [-0.39, 0.29) is 11.5 Å². The lowest BCUT2D eigenvalue weighted by molar-refractivity contribution is 0.101. The monoisotopic (exact) mass is 308 g/mol. The van der Waals surface area contributed by atoms with Crippen LogP contribution in [0.3, 0.4) is 0 Å². The fraction of sp³-hybridized carbons (Fsp3) is 0.105. The largest absolute Gasteiger partial charge is 0.507 e. The highest BCUT2D eigenvalue weighted by Gasteiger charge is 2.20. The summed E-state index contributed by atoms with van der Waals surface area (Å²) in [5.41, 5.74) is 1.72. The summed E-state index contributed by atoms with van der Waals surface area (Å²) in [5, 5.41) is 10.1. The summed E-state index contributed by atoms with van der Waals surface area (Å²) in [5.74, 6) is 1.39. The summed E-state index contributed by atoms with van der Waals surface area (Å²) in [7, 11) is 1.54. The van der Waals surface area contributed by atoms with Crippen molar-refractivity contribution in [1.29, 1.82) is 0 Å². The molecule has 116 valence electrons. The maximum atomic E-state index is 12.0. The van der Waals surface area contributed by atoms with Gasteiger partial charge in [-0.3, -0.25) is 4.79 Å². The Labute approximate surface area is 134 Å². The molecule has 3 rings (SSSR count). The summed E-state index contributed by atoms with van der Waals surface area (Å²) < 4.78 is 11.1. The Bertz CT molecular complexity index is 847. The number of ketones is 1. The quantitative estimate of drug-likeness (QED) is 0.719. The number of hydrogen-bond acceptors (Lipinski definition) is 4. The third-order valence-corrected chi connectivity index (χ3v) is 3.62. The van der Waals surface area contributed by atoms with E-state index in [9.17, 15) is 9.90 Å². The zero-order valence-electron chi connectivity index (χ0n) is 12.9. The van der Waals surface area contributed by atoms with Crippen LogP contribution in [0.15, 0.2) is 59.0 Å². The van der Waals surface area contributed by atoms with Gasteiger partial charge in [0.2, 0.25) is 0 Å². The van der Waals surface area contributed by atoms with Crippen molar-refractivity contribution in [2.45, 2.75) is 6.92 Å². The molecular formula is C19H16O4. The maximum Gasteiger partial charge on any atom is 0.163 e. The second-order valence-corrected chi connectivity index (χ2v) is 5.16. The van der Waals surface area contributed by atoms with Crippen molar-refractivity contribution < 1.29 is 19.1 Å². The lowest BCUT2D eigenvalue weighted by Crippen LogP contribution is -1.92. The minimum Gasteiger partial charge on any atom is -0.507 e. The van der Waals surface area contributed by atoms with E-state index in [1.54, 1.807) is 25.3 Å². The third-order valence-electron chi connectivity index (χ3n) is 3.62. The van der Waals surface area contributed by atoms with Gasteiger partial charge in [0.1, 0.15) is 23.0 Å². The fourth-order valence-electron chi connectivity index (χ4n) is 2.42. The van der Waals surface area contributed by atoms with Gasteiger partial charge in [-0.25, -0.2) is 0 Å². The van der Waals surface area contributed by atoms with Crippen LogP contribution in [0.4, 0.5) is 0 Å². The molecule has 0 radical (unpaired) electrons. The molecule has 0 saturated carbocycles. The molecule has 1 heterocycles. The van der Waals surface area contributed by atoms with Crippen LogP contribution in [0.5, 0.6) is 11.5 Å². The van der Waals surface area contributed by atoms with Gasteiger partial charge in [0.25, 0.3) is 0 Å². The number of rotatable bonds is 4. The lowest BCUT2D eigenvalue weighted by Gasteiger charge is -2.06. The van der Waals surface area contributed by atoms with E-state index in [0.717, 1.165) is 5.56 Å². The lowest BCUT2D eigenvalue weighted by atomic mass is 10.0. The van der Waals surface area contributed by atoms with E-state index < -0.39 is 0 Å². The average Bonchev–Trinajstić information content (AvgIpc) is 3.01. The number of phenolic OH excluding ortho intramolecular Hbond substituents is 1. The molecule has 1 aromatic heterocycles. The first kappa shape index (κ1) is 14.9. The molecular weight excluding hydrogens is 292 g/mol. The Hall–Kier alpha value is -3.01. The minimum absolute atomic E-state index is 0.0299. The van der Waals surface area contributed by atoms with Crippen molar-refractivity contribution >= 4 is 5.78 Å². The molecule has 0 fully saturated rings. The van der Waals surface area contributed by atoms with E-state index in [0.29, 0.717) is 28.4 Å². The SMILES string of the molecule is COc1ccc(O)c(-c2oc(-c3ccccc3)cc2C(C)=O)c1. The highest BCUT2D eigenvalue weighted by molar-refractivity contribution is 6.01. The predicted molar refractivity (Wildman–Crippen MR) is 87.8 cm³/mol. The molecule has 23 heavy (non-hydrogen) atoms. The molecule has 4 heteroatoms. The van der Waals surface area contributed by atoms with E-state index in [4.69, 9.17) is 9.15 Å². The summed E-state index contributed by atoms with van der Waals surface area (Å²) >= 11 is 0. The third kappa shape index (κ3) is 2.83. The normalized spacial score (nSPS) is 10.5. The van der Waals surface area contributed by atoms with Crippen molar-refractivity contribution in [3.63, 3.8) is 0 Å². The first-order valence-corrected chi connectivity index (χ1v) is 7.17. The van der Waals surface area contributed by atoms with Crippen LogP contribution in [-0.2, 0) is 0 Å². The molecule has 0 bridgehead atoms. The predicted octanol–water partition coefficient (Wildman–Crippen LogP) is 4.53. The number of hydrogen-bond donors (Lipinski definition) is 1. The minimum atomic E-state index is -0.131. The number of carbonyl (C=O) groups excluding carboxylic acids is 1. The van der Waals surface area contributed by atoms with Gasteiger partial charge in [0.05, 0.1) is 18.2 Å². The average molecular weight is 308 g/mol. The second-order valence-electron chi connectivity index (χ2n) is 5.16. The number of ether oxygens (including phenoxy) is 1. The second kappa shape index (κ2) is 6.01. The molecule has 0 atom stereocenters. The molecule has 2 aromatic carbocycles. The Morgan fingerprint density at radius 2 is 1.83 bits per heavy atom. The summed E-state index contributed by atoms with van der Waals surface area (Å²) in [6, 6.07) is 16.0. The highest BCUT2D eigenvalue weighted by Crippen LogP contribution is 2.38. The molecule has 3 aromatic rings. The molecule has 0 saturated heterocycles. The van der Waals surface area contributed by atoms with Crippen molar-refractivity contribution in [2.24, 2.45) is 0 Å². The van der Waals surface area contributed by atoms with Gasteiger partial charge in [0.15, 0.2) is 5.78 Å². The first-order valence-electron chi connectivity index (χ1n) is 7.17. The first-order chi connectivity index (χ1) is 11.1. The van der Waals surface area contributed by atoms with Gasteiger partial charge in [-0.15, -0.1) is 0 Å². The van der Waals surface area contributed by atoms with Crippen LogP contribution >= 0.6 is 0 Å². The van der Waals surface area contributed by atoms with Crippen molar-refractivity contribution in [2.75, 3.05) is 7.11 Å². The van der Waals surface area contributed by atoms with Crippen LogP contribution in [0.2, 0.25) is 0 Å². The Balaban J connectivity index is 2.19. The van der Waals surface area contributed by atoms with Crippen LogP contribution < -0.4 is 4.74 Å². The Kier molecular flexibility index (Phi) is 3.89. The van der Waals surface area contributed by atoms with Gasteiger partial charge >= 0.3 is 0 Å². The van der Waals surface area contributed by atoms with E-state index in [1.807, 2.05) is 30.3 Å². The number of aromatic hydroxyl groups is 1. The molecule has 0 aliphatic rings. The molecule has 0 aliphatic carbocycles.